The molecule has 1 aliphatic rings. The maximum atomic E-state index is 6.20. The zero-order chi connectivity index (χ0) is 13.9. The fraction of sp³-hybridized carbons (Fsp3) is 0.667. The Labute approximate surface area is 121 Å². The van der Waals surface area contributed by atoms with Crippen LogP contribution >= 0.6 is 11.6 Å². The van der Waals surface area contributed by atoms with Crippen molar-refractivity contribution in [2.24, 2.45) is 0 Å². The van der Waals surface area contributed by atoms with Crippen molar-refractivity contribution >= 4 is 11.6 Å². The van der Waals surface area contributed by atoms with E-state index < -0.39 is 0 Å². The standard InChI is InChI=1S/C15H24ClN3/c1-15(2,3)18-9-13-5-4-8-19(13)11-12-6-7-17-10-14(12)16/h6-7,10,13,18H,4-5,8-9,11H2,1-3H3. The molecule has 0 saturated carbocycles. The second-order valence-corrected chi connectivity index (χ2v) is 6.77. The number of rotatable bonds is 4. The van der Waals surface area contributed by atoms with Crippen LogP contribution in [-0.4, -0.2) is 34.6 Å². The van der Waals surface area contributed by atoms with Crippen molar-refractivity contribution in [3.63, 3.8) is 0 Å². The Morgan fingerprint density at radius 2 is 2.26 bits per heavy atom. The summed E-state index contributed by atoms with van der Waals surface area (Å²) < 4.78 is 0. The van der Waals surface area contributed by atoms with Gasteiger partial charge in [-0.25, -0.2) is 0 Å². The lowest BCUT2D eigenvalue weighted by Gasteiger charge is -2.29. The molecule has 1 unspecified atom stereocenters. The van der Waals surface area contributed by atoms with Crippen molar-refractivity contribution in [3.05, 3.63) is 29.0 Å². The molecule has 0 radical (unpaired) electrons. The highest BCUT2D eigenvalue weighted by Gasteiger charge is 2.26. The molecule has 1 aliphatic heterocycles. The van der Waals surface area contributed by atoms with Gasteiger partial charge in [0.15, 0.2) is 0 Å². The molecule has 4 heteroatoms. The maximum Gasteiger partial charge on any atom is 0.0634 e. The van der Waals surface area contributed by atoms with E-state index in [0.717, 1.165) is 24.7 Å². The Kier molecular flexibility index (Phi) is 4.82. The largest absolute Gasteiger partial charge is 0.311 e. The zero-order valence-corrected chi connectivity index (χ0v) is 12.9. The Morgan fingerprint density at radius 3 is 2.95 bits per heavy atom. The van der Waals surface area contributed by atoms with Crippen LogP contribution in [0.1, 0.15) is 39.2 Å². The Hall–Kier alpha value is -0.640. The molecule has 0 amide bonds. The van der Waals surface area contributed by atoms with Crippen molar-refractivity contribution < 1.29 is 0 Å². The quantitative estimate of drug-likeness (QED) is 0.919. The van der Waals surface area contributed by atoms with Gasteiger partial charge in [-0.15, -0.1) is 0 Å². The fourth-order valence-electron chi connectivity index (χ4n) is 2.51. The van der Waals surface area contributed by atoms with E-state index in [2.05, 4.69) is 36.0 Å². The van der Waals surface area contributed by atoms with Gasteiger partial charge in [0, 0.05) is 37.1 Å². The molecule has 106 valence electrons. The number of aromatic nitrogens is 1. The van der Waals surface area contributed by atoms with E-state index in [-0.39, 0.29) is 5.54 Å². The van der Waals surface area contributed by atoms with E-state index in [1.807, 2.05) is 12.3 Å². The molecule has 1 aromatic heterocycles. The first-order valence-corrected chi connectivity index (χ1v) is 7.41. The molecule has 1 aromatic rings. The van der Waals surface area contributed by atoms with Gasteiger partial charge in [-0.1, -0.05) is 11.6 Å². The van der Waals surface area contributed by atoms with E-state index in [0.29, 0.717) is 6.04 Å². The van der Waals surface area contributed by atoms with Crippen LogP contribution < -0.4 is 5.32 Å². The lowest BCUT2D eigenvalue weighted by atomic mass is 10.1. The first kappa shape index (κ1) is 14.8. The highest BCUT2D eigenvalue weighted by molar-refractivity contribution is 6.31. The number of pyridine rings is 1. The third-order valence-electron chi connectivity index (χ3n) is 3.60. The third kappa shape index (κ3) is 4.44. The average molecular weight is 282 g/mol. The summed E-state index contributed by atoms with van der Waals surface area (Å²) in [5, 5.41) is 4.38. The van der Waals surface area contributed by atoms with Crippen LogP contribution in [0.25, 0.3) is 0 Å². The van der Waals surface area contributed by atoms with Crippen LogP contribution in [0.4, 0.5) is 0 Å². The molecular formula is C15H24ClN3. The highest BCUT2D eigenvalue weighted by atomic mass is 35.5. The van der Waals surface area contributed by atoms with E-state index in [1.165, 1.54) is 18.4 Å². The summed E-state index contributed by atoms with van der Waals surface area (Å²) in [6, 6.07) is 2.64. The summed E-state index contributed by atoms with van der Waals surface area (Å²) >= 11 is 6.20. The molecular weight excluding hydrogens is 258 g/mol. The minimum absolute atomic E-state index is 0.183. The van der Waals surface area contributed by atoms with Gasteiger partial charge >= 0.3 is 0 Å². The highest BCUT2D eigenvalue weighted by Crippen LogP contribution is 2.23. The minimum atomic E-state index is 0.183. The van der Waals surface area contributed by atoms with Gasteiger partial charge in [-0.2, -0.15) is 0 Å². The van der Waals surface area contributed by atoms with E-state index in [4.69, 9.17) is 11.6 Å². The van der Waals surface area contributed by atoms with Gasteiger partial charge in [0.25, 0.3) is 0 Å². The second-order valence-electron chi connectivity index (χ2n) is 6.36. The number of nitrogens with one attached hydrogen (secondary N) is 1. The fourth-order valence-corrected chi connectivity index (χ4v) is 2.69. The number of nitrogens with zero attached hydrogens (tertiary/aromatic N) is 2. The van der Waals surface area contributed by atoms with Gasteiger partial charge < -0.3 is 5.32 Å². The number of likely N-dealkylation sites (tertiary alicyclic amines) is 1. The van der Waals surface area contributed by atoms with E-state index in [1.54, 1.807) is 6.20 Å². The van der Waals surface area contributed by atoms with Gasteiger partial charge in [0.05, 0.1) is 5.02 Å². The van der Waals surface area contributed by atoms with Gasteiger partial charge in [-0.05, 0) is 51.8 Å². The predicted molar refractivity (Wildman–Crippen MR) is 80.4 cm³/mol. The monoisotopic (exact) mass is 281 g/mol. The van der Waals surface area contributed by atoms with Gasteiger partial charge in [0.2, 0.25) is 0 Å². The second kappa shape index (κ2) is 6.21. The molecule has 1 saturated heterocycles. The molecule has 0 aliphatic carbocycles. The molecule has 1 fully saturated rings. The third-order valence-corrected chi connectivity index (χ3v) is 3.94. The van der Waals surface area contributed by atoms with Crippen LogP contribution in [0.2, 0.25) is 5.02 Å². The average Bonchev–Trinajstić information content (AvgIpc) is 2.76. The molecule has 3 nitrogen and oxygen atoms in total. The molecule has 19 heavy (non-hydrogen) atoms. The van der Waals surface area contributed by atoms with Crippen molar-refractivity contribution in [3.8, 4) is 0 Å². The topological polar surface area (TPSA) is 28.2 Å². The van der Waals surface area contributed by atoms with Crippen molar-refractivity contribution in [2.75, 3.05) is 13.1 Å². The molecule has 1 N–H and O–H groups in total. The summed E-state index contributed by atoms with van der Waals surface area (Å²) in [4.78, 5) is 6.57. The number of hydrogen-bond donors (Lipinski definition) is 1. The molecule has 0 bridgehead atoms. The van der Waals surface area contributed by atoms with E-state index >= 15 is 0 Å². The first-order valence-electron chi connectivity index (χ1n) is 7.03. The molecule has 2 rings (SSSR count). The Bertz CT molecular complexity index is 414. The SMILES string of the molecule is CC(C)(C)NCC1CCCN1Cc1ccncc1Cl. The van der Waals surface area contributed by atoms with Crippen LogP contribution in [0, 0.1) is 0 Å². The molecule has 1 atom stereocenters. The number of hydrogen-bond acceptors (Lipinski definition) is 3. The summed E-state index contributed by atoms with van der Waals surface area (Å²) in [7, 11) is 0. The lowest BCUT2D eigenvalue weighted by molar-refractivity contribution is 0.226. The lowest BCUT2D eigenvalue weighted by Crippen LogP contribution is -2.45. The van der Waals surface area contributed by atoms with Crippen LogP contribution in [0.5, 0.6) is 0 Å². The van der Waals surface area contributed by atoms with Crippen LogP contribution in [0.3, 0.4) is 0 Å². The van der Waals surface area contributed by atoms with Gasteiger partial charge in [-0.3, -0.25) is 9.88 Å². The van der Waals surface area contributed by atoms with Crippen molar-refractivity contribution in [2.45, 2.75) is 51.7 Å². The zero-order valence-electron chi connectivity index (χ0n) is 12.1. The van der Waals surface area contributed by atoms with Crippen LogP contribution in [-0.2, 0) is 6.54 Å². The summed E-state index contributed by atoms with van der Waals surface area (Å²) in [5.74, 6) is 0. The van der Waals surface area contributed by atoms with Crippen LogP contribution in [0.15, 0.2) is 18.5 Å². The minimum Gasteiger partial charge on any atom is -0.311 e. The Morgan fingerprint density at radius 1 is 1.47 bits per heavy atom. The summed E-state index contributed by atoms with van der Waals surface area (Å²) in [6.45, 7) is 9.78. The first-order chi connectivity index (χ1) is 8.96. The van der Waals surface area contributed by atoms with Gasteiger partial charge in [0.1, 0.15) is 0 Å². The van der Waals surface area contributed by atoms with Crippen molar-refractivity contribution in [1.29, 1.82) is 0 Å². The molecule has 0 spiro atoms. The van der Waals surface area contributed by atoms with E-state index in [9.17, 15) is 0 Å². The molecule has 2 heterocycles. The summed E-state index contributed by atoms with van der Waals surface area (Å²) in [5.41, 5.74) is 1.36. The summed E-state index contributed by atoms with van der Waals surface area (Å²) in [6.07, 6.45) is 6.10. The van der Waals surface area contributed by atoms with Crippen molar-refractivity contribution in [1.82, 2.24) is 15.2 Å². The normalized spacial score (nSPS) is 20.9. The maximum absolute atomic E-state index is 6.20. The predicted octanol–water partition coefficient (Wildman–Crippen LogP) is 3.09. The Balaban J connectivity index is 1.94. The molecule has 0 aromatic carbocycles. The smallest absolute Gasteiger partial charge is 0.0634 e. The number of halogens is 1.